The number of aromatic amines is 1. The van der Waals surface area contributed by atoms with Gasteiger partial charge in [0.2, 0.25) is 5.75 Å². The smallest absolute Gasteiger partial charge is 0.295 e. The van der Waals surface area contributed by atoms with Crippen LogP contribution in [0.5, 0.6) is 5.75 Å². The summed E-state index contributed by atoms with van der Waals surface area (Å²) < 4.78 is 5.03. The monoisotopic (exact) mass is 266 g/mol. The van der Waals surface area contributed by atoms with E-state index < -0.39 is 0 Å². The predicted molar refractivity (Wildman–Crippen MR) is 70.3 cm³/mol. The van der Waals surface area contributed by atoms with E-state index >= 15 is 0 Å². The van der Waals surface area contributed by atoms with Gasteiger partial charge in [0, 0.05) is 11.1 Å². The van der Waals surface area contributed by atoms with Gasteiger partial charge in [-0.2, -0.15) is 0 Å². The molecule has 2 heterocycles. The third-order valence-corrected chi connectivity index (χ3v) is 3.52. The van der Waals surface area contributed by atoms with Gasteiger partial charge in [0.05, 0.1) is 19.5 Å². The van der Waals surface area contributed by atoms with Crippen molar-refractivity contribution in [3.8, 4) is 5.75 Å². The van der Waals surface area contributed by atoms with Crippen LogP contribution in [0.2, 0.25) is 0 Å². The number of anilines is 1. The van der Waals surface area contributed by atoms with Gasteiger partial charge in [-0.05, 0) is 13.8 Å². The number of hydrogen-bond acceptors (Lipinski definition) is 6. The molecule has 18 heavy (non-hydrogen) atoms. The molecule has 2 aromatic heterocycles. The van der Waals surface area contributed by atoms with Gasteiger partial charge in [-0.25, -0.2) is 9.97 Å². The Morgan fingerprint density at radius 2 is 2.33 bits per heavy atom. The molecule has 2 aromatic rings. The van der Waals surface area contributed by atoms with Gasteiger partial charge in [0.15, 0.2) is 5.82 Å². The highest BCUT2D eigenvalue weighted by Gasteiger charge is 2.14. The van der Waals surface area contributed by atoms with Crippen molar-refractivity contribution in [3.63, 3.8) is 0 Å². The van der Waals surface area contributed by atoms with E-state index in [1.165, 1.54) is 13.4 Å². The minimum atomic E-state index is -0.308. The quantitative estimate of drug-likeness (QED) is 0.880. The highest BCUT2D eigenvalue weighted by Crippen LogP contribution is 2.24. The minimum absolute atomic E-state index is 0.0353. The van der Waals surface area contributed by atoms with Crippen molar-refractivity contribution in [1.82, 2.24) is 15.0 Å². The third kappa shape index (κ3) is 2.51. The van der Waals surface area contributed by atoms with E-state index in [9.17, 15) is 4.79 Å². The van der Waals surface area contributed by atoms with Gasteiger partial charge in [-0.1, -0.05) is 0 Å². The largest absolute Gasteiger partial charge is 0.489 e. The summed E-state index contributed by atoms with van der Waals surface area (Å²) in [6.45, 7) is 3.90. The highest BCUT2D eigenvalue weighted by atomic mass is 32.1. The van der Waals surface area contributed by atoms with E-state index in [1.807, 2.05) is 19.2 Å². The first-order valence-electron chi connectivity index (χ1n) is 5.42. The van der Waals surface area contributed by atoms with E-state index in [4.69, 9.17) is 4.74 Å². The van der Waals surface area contributed by atoms with Gasteiger partial charge in [-0.15, -0.1) is 11.3 Å². The fourth-order valence-corrected chi connectivity index (χ4v) is 2.32. The molecule has 0 saturated carbocycles. The van der Waals surface area contributed by atoms with E-state index in [2.05, 4.69) is 20.3 Å². The normalized spacial score (nSPS) is 12.2. The zero-order valence-electron chi connectivity index (χ0n) is 10.4. The predicted octanol–water partition coefficient (Wildman–Crippen LogP) is 1.72. The maximum absolute atomic E-state index is 11.5. The standard InChI is InChI=1S/C11H14N4O2S/c1-6-4-18-11(14-6)7(2)15-9-8(17-3)10(16)13-5-12-9/h4-5,7H,1-3H3,(H2,12,13,15,16). The summed E-state index contributed by atoms with van der Waals surface area (Å²) in [6, 6.07) is -0.0353. The van der Waals surface area contributed by atoms with Gasteiger partial charge in [-0.3, -0.25) is 4.79 Å². The van der Waals surface area contributed by atoms with E-state index in [1.54, 1.807) is 11.3 Å². The second-order valence-electron chi connectivity index (χ2n) is 3.81. The Morgan fingerprint density at radius 1 is 1.56 bits per heavy atom. The number of ether oxygens (including phenoxy) is 1. The lowest BCUT2D eigenvalue weighted by molar-refractivity contribution is 0.407. The molecule has 96 valence electrons. The van der Waals surface area contributed by atoms with Crippen molar-refractivity contribution in [2.45, 2.75) is 19.9 Å². The first-order valence-corrected chi connectivity index (χ1v) is 6.30. The third-order valence-electron chi connectivity index (χ3n) is 2.38. The molecule has 0 spiro atoms. The Labute approximate surface area is 108 Å². The Hall–Kier alpha value is -1.89. The number of thiazole rings is 1. The summed E-state index contributed by atoms with van der Waals surface area (Å²) in [5.74, 6) is 0.597. The molecule has 0 aliphatic carbocycles. The van der Waals surface area contributed by atoms with Crippen LogP contribution >= 0.6 is 11.3 Å². The van der Waals surface area contributed by atoms with Crippen LogP contribution < -0.4 is 15.6 Å². The molecule has 0 saturated heterocycles. The molecular formula is C11H14N4O2S. The Kier molecular flexibility index (Phi) is 3.61. The molecule has 1 unspecified atom stereocenters. The summed E-state index contributed by atoms with van der Waals surface area (Å²) in [4.78, 5) is 22.4. The Morgan fingerprint density at radius 3 is 2.94 bits per heavy atom. The zero-order chi connectivity index (χ0) is 13.1. The number of nitrogens with zero attached hydrogens (tertiary/aromatic N) is 2. The van der Waals surface area contributed by atoms with Gasteiger partial charge >= 0.3 is 0 Å². The van der Waals surface area contributed by atoms with Crippen molar-refractivity contribution in [2.75, 3.05) is 12.4 Å². The summed E-state index contributed by atoms with van der Waals surface area (Å²) in [5, 5.41) is 6.05. The van der Waals surface area contributed by atoms with E-state index in [0.29, 0.717) is 5.82 Å². The van der Waals surface area contributed by atoms with Gasteiger partial charge < -0.3 is 15.0 Å². The lowest BCUT2D eigenvalue weighted by Crippen LogP contribution is -2.16. The molecule has 0 radical (unpaired) electrons. The first-order chi connectivity index (χ1) is 8.61. The molecular weight excluding hydrogens is 252 g/mol. The number of H-pyrrole nitrogens is 1. The van der Waals surface area contributed by atoms with Crippen molar-refractivity contribution >= 4 is 17.2 Å². The Balaban J connectivity index is 2.24. The maximum atomic E-state index is 11.5. The van der Waals surface area contributed by atoms with Gasteiger partial charge in [0.25, 0.3) is 5.56 Å². The van der Waals surface area contributed by atoms with E-state index in [0.717, 1.165) is 10.7 Å². The van der Waals surface area contributed by atoms with Crippen LogP contribution in [-0.2, 0) is 0 Å². The van der Waals surface area contributed by atoms with Crippen LogP contribution in [-0.4, -0.2) is 22.1 Å². The number of nitrogens with one attached hydrogen (secondary N) is 2. The number of aryl methyl sites for hydroxylation is 1. The van der Waals surface area contributed by atoms with Crippen molar-refractivity contribution < 1.29 is 4.74 Å². The molecule has 0 aliphatic heterocycles. The van der Waals surface area contributed by atoms with Crippen LogP contribution in [0.1, 0.15) is 23.7 Å². The van der Waals surface area contributed by atoms with Gasteiger partial charge in [0.1, 0.15) is 5.01 Å². The fraction of sp³-hybridized carbons (Fsp3) is 0.364. The summed E-state index contributed by atoms with van der Waals surface area (Å²) in [6.07, 6.45) is 1.34. The van der Waals surface area contributed by atoms with E-state index in [-0.39, 0.29) is 17.4 Å². The zero-order valence-corrected chi connectivity index (χ0v) is 11.2. The van der Waals surface area contributed by atoms with Crippen LogP contribution in [0, 0.1) is 6.92 Å². The summed E-state index contributed by atoms with van der Waals surface area (Å²) in [5.41, 5.74) is 0.673. The number of aromatic nitrogens is 3. The molecule has 0 aromatic carbocycles. The van der Waals surface area contributed by atoms with Crippen molar-refractivity contribution in [3.05, 3.63) is 32.8 Å². The molecule has 0 bridgehead atoms. The van der Waals surface area contributed by atoms with Crippen LogP contribution in [0.4, 0.5) is 5.82 Å². The number of hydrogen-bond donors (Lipinski definition) is 2. The molecule has 2 N–H and O–H groups in total. The molecule has 0 aliphatic rings. The summed E-state index contributed by atoms with van der Waals surface area (Å²) in [7, 11) is 1.44. The van der Waals surface area contributed by atoms with Crippen molar-refractivity contribution in [1.29, 1.82) is 0 Å². The highest BCUT2D eigenvalue weighted by molar-refractivity contribution is 7.09. The molecule has 0 amide bonds. The summed E-state index contributed by atoms with van der Waals surface area (Å²) >= 11 is 1.57. The Bertz CT molecular complexity index is 593. The van der Waals surface area contributed by atoms with Crippen LogP contribution in [0.3, 0.4) is 0 Å². The topological polar surface area (TPSA) is 79.9 Å². The lowest BCUT2D eigenvalue weighted by Gasteiger charge is -2.13. The molecule has 7 heteroatoms. The van der Waals surface area contributed by atoms with Crippen LogP contribution in [0.15, 0.2) is 16.5 Å². The minimum Gasteiger partial charge on any atom is -0.489 e. The molecule has 1 atom stereocenters. The average Bonchev–Trinajstić information content (AvgIpc) is 2.76. The SMILES string of the molecule is COc1c(NC(C)c2nc(C)cs2)nc[nH]c1=O. The first kappa shape index (κ1) is 12.6. The second-order valence-corrected chi connectivity index (χ2v) is 4.70. The number of rotatable bonds is 4. The van der Waals surface area contributed by atoms with Crippen LogP contribution in [0.25, 0.3) is 0 Å². The lowest BCUT2D eigenvalue weighted by atomic mass is 10.3. The van der Waals surface area contributed by atoms with Crippen molar-refractivity contribution in [2.24, 2.45) is 0 Å². The maximum Gasteiger partial charge on any atom is 0.295 e. The molecule has 0 fully saturated rings. The molecule has 2 rings (SSSR count). The molecule has 6 nitrogen and oxygen atoms in total. The second kappa shape index (κ2) is 5.18. The number of methoxy groups -OCH3 is 1. The average molecular weight is 266 g/mol. The fourth-order valence-electron chi connectivity index (χ4n) is 1.52.